The second kappa shape index (κ2) is 5.68. The Hall–Kier alpha value is -1.55. The van der Waals surface area contributed by atoms with Crippen LogP contribution >= 0.6 is 15.9 Å². The highest BCUT2D eigenvalue weighted by atomic mass is 79.9. The van der Waals surface area contributed by atoms with E-state index < -0.39 is 33.8 Å². The van der Waals surface area contributed by atoms with Gasteiger partial charge >= 0.3 is 16.2 Å². The zero-order chi connectivity index (χ0) is 15.8. The summed E-state index contributed by atoms with van der Waals surface area (Å²) in [7, 11) is -3.58. The molecule has 1 saturated heterocycles. The number of hydrogen-bond acceptors (Lipinski definition) is 6. The molecule has 1 unspecified atom stereocenters. The average Bonchev–Trinajstić information content (AvgIpc) is 2.79. The third-order valence-electron chi connectivity index (χ3n) is 2.99. The van der Waals surface area contributed by atoms with Crippen molar-refractivity contribution in [2.24, 2.45) is 0 Å². The van der Waals surface area contributed by atoms with Crippen LogP contribution in [-0.4, -0.2) is 44.2 Å². The summed E-state index contributed by atoms with van der Waals surface area (Å²) in [5.41, 5.74) is 0.162. The van der Waals surface area contributed by atoms with Crippen LogP contribution in [0.1, 0.15) is 16.8 Å². The van der Waals surface area contributed by atoms with Crippen molar-refractivity contribution < 1.29 is 26.6 Å². The molecule has 10 heteroatoms. The van der Waals surface area contributed by atoms with Crippen LogP contribution in [0.2, 0.25) is 0 Å². The van der Waals surface area contributed by atoms with E-state index >= 15 is 0 Å². The molecular formula is C11H10BrFN2O5S. The minimum absolute atomic E-state index is 0.124. The highest BCUT2D eigenvalue weighted by Crippen LogP contribution is 2.30. The molecule has 0 saturated carbocycles. The Kier molecular flexibility index (Phi) is 4.28. The Morgan fingerprint density at radius 1 is 1.57 bits per heavy atom. The Morgan fingerprint density at radius 2 is 2.24 bits per heavy atom. The highest BCUT2D eigenvalue weighted by Gasteiger charge is 2.40. The molecule has 1 fully saturated rings. The number of pyridine rings is 1. The van der Waals surface area contributed by atoms with Crippen LogP contribution < -0.4 is 4.90 Å². The summed E-state index contributed by atoms with van der Waals surface area (Å²) in [5, 5.41) is -1.40. The zero-order valence-corrected chi connectivity index (χ0v) is 13.1. The van der Waals surface area contributed by atoms with Crippen molar-refractivity contribution in [3.05, 3.63) is 22.3 Å². The molecular weight excluding hydrogens is 371 g/mol. The van der Waals surface area contributed by atoms with Crippen LogP contribution in [0.3, 0.4) is 0 Å². The number of ether oxygens (including phenoxy) is 1. The van der Waals surface area contributed by atoms with Crippen molar-refractivity contribution in [2.45, 2.75) is 11.7 Å². The average molecular weight is 381 g/mol. The number of anilines is 1. The molecule has 2 rings (SSSR count). The minimum atomic E-state index is -4.79. The van der Waals surface area contributed by atoms with Crippen LogP contribution in [0.25, 0.3) is 0 Å². The molecule has 0 spiro atoms. The predicted octanol–water partition coefficient (Wildman–Crippen LogP) is 1.04. The number of halogens is 2. The Labute approximate surface area is 128 Å². The van der Waals surface area contributed by atoms with E-state index in [1.54, 1.807) is 0 Å². The first-order valence-corrected chi connectivity index (χ1v) is 7.95. The Balaban J connectivity index is 2.31. The first-order valence-electron chi connectivity index (χ1n) is 5.71. The number of hydrogen-bond donors (Lipinski definition) is 0. The summed E-state index contributed by atoms with van der Waals surface area (Å²) in [5.74, 6) is -1.04. The topological polar surface area (TPSA) is 93.6 Å². The van der Waals surface area contributed by atoms with Gasteiger partial charge in [-0.2, -0.15) is 8.42 Å². The first-order chi connectivity index (χ1) is 9.74. The van der Waals surface area contributed by atoms with Crippen molar-refractivity contribution in [3.8, 4) is 0 Å². The minimum Gasteiger partial charge on any atom is -0.465 e. The molecule has 7 nitrogen and oxygen atoms in total. The molecule has 1 aromatic heterocycles. The molecule has 114 valence electrons. The Bertz CT molecular complexity index is 709. The lowest BCUT2D eigenvalue weighted by atomic mass is 10.3. The largest absolute Gasteiger partial charge is 0.465 e. The molecule has 1 amide bonds. The smallest absolute Gasteiger partial charge is 0.339 e. The van der Waals surface area contributed by atoms with Crippen LogP contribution in [-0.2, 0) is 19.8 Å². The lowest BCUT2D eigenvalue weighted by Crippen LogP contribution is -2.28. The normalized spacial score (nSPS) is 18.9. The third-order valence-corrected chi connectivity index (χ3v) is 4.68. The second-order valence-electron chi connectivity index (χ2n) is 4.33. The van der Waals surface area contributed by atoms with Crippen LogP contribution in [0, 0.1) is 0 Å². The van der Waals surface area contributed by atoms with Crippen molar-refractivity contribution in [1.29, 1.82) is 0 Å². The van der Waals surface area contributed by atoms with Crippen LogP contribution in [0.15, 0.2) is 16.7 Å². The third kappa shape index (κ3) is 3.21. The monoisotopic (exact) mass is 380 g/mol. The summed E-state index contributed by atoms with van der Waals surface area (Å²) >= 11 is 3.15. The fourth-order valence-corrected chi connectivity index (χ4v) is 3.16. The standard InChI is InChI=1S/C11H10BrFN2O5S/c1-20-11(17)6-2-8(12)10(14-4-6)15-5-7(3-9(15)16)21(13,18)19/h2,4,7H,3,5H2,1H3. The van der Waals surface area contributed by atoms with Crippen LogP contribution in [0.5, 0.6) is 0 Å². The summed E-state index contributed by atoms with van der Waals surface area (Å²) in [6, 6.07) is 1.39. The van der Waals surface area contributed by atoms with Gasteiger partial charge in [-0.1, -0.05) is 0 Å². The number of aromatic nitrogens is 1. The van der Waals surface area contributed by atoms with Gasteiger partial charge < -0.3 is 4.74 Å². The summed E-state index contributed by atoms with van der Waals surface area (Å²) < 4.78 is 39.6. The molecule has 1 aliphatic heterocycles. The molecule has 0 bridgehead atoms. The molecule has 21 heavy (non-hydrogen) atoms. The number of amides is 1. The molecule has 0 aromatic carbocycles. The van der Waals surface area contributed by atoms with E-state index in [2.05, 4.69) is 25.7 Å². The molecule has 0 radical (unpaired) electrons. The lowest BCUT2D eigenvalue weighted by Gasteiger charge is -2.16. The lowest BCUT2D eigenvalue weighted by molar-refractivity contribution is -0.117. The number of nitrogens with zero attached hydrogens (tertiary/aromatic N) is 2. The van der Waals surface area contributed by atoms with E-state index in [0.29, 0.717) is 4.47 Å². The van der Waals surface area contributed by atoms with Gasteiger partial charge in [-0.15, -0.1) is 3.89 Å². The van der Waals surface area contributed by atoms with Gasteiger partial charge in [-0.25, -0.2) is 9.78 Å². The fraction of sp³-hybridized carbons (Fsp3) is 0.364. The van der Waals surface area contributed by atoms with E-state index in [9.17, 15) is 21.9 Å². The Morgan fingerprint density at radius 3 is 2.71 bits per heavy atom. The van der Waals surface area contributed by atoms with Gasteiger partial charge in [0.15, 0.2) is 0 Å². The van der Waals surface area contributed by atoms with E-state index in [4.69, 9.17) is 0 Å². The van der Waals surface area contributed by atoms with Gasteiger partial charge in [0.05, 0.1) is 17.1 Å². The summed E-state index contributed by atoms with van der Waals surface area (Å²) in [4.78, 5) is 28.2. The fourth-order valence-electron chi connectivity index (χ4n) is 1.93. The van der Waals surface area contributed by atoms with Gasteiger partial charge in [-0.3, -0.25) is 9.69 Å². The maximum absolute atomic E-state index is 13.0. The van der Waals surface area contributed by atoms with E-state index in [0.717, 1.165) is 4.90 Å². The number of rotatable bonds is 3. The van der Waals surface area contributed by atoms with E-state index in [-0.39, 0.29) is 17.9 Å². The van der Waals surface area contributed by atoms with Gasteiger partial charge in [0.2, 0.25) is 5.91 Å². The molecule has 1 aromatic rings. The molecule has 0 N–H and O–H groups in total. The number of esters is 1. The van der Waals surface area contributed by atoms with E-state index in [1.165, 1.54) is 19.4 Å². The quantitative estimate of drug-likeness (QED) is 0.574. The van der Waals surface area contributed by atoms with Crippen molar-refractivity contribution in [1.82, 2.24) is 4.98 Å². The van der Waals surface area contributed by atoms with Crippen molar-refractivity contribution in [2.75, 3.05) is 18.6 Å². The second-order valence-corrected chi connectivity index (χ2v) is 6.80. The van der Waals surface area contributed by atoms with Gasteiger partial charge in [0.1, 0.15) is 11.1 Å². The number of carbonyl (C=O) groups excluding carboxylic acids is 2. The number of carbonyl (C=O) groups is 2. The summed E-state index contributed by atoms with van der Waals surface area (Å²) in [6.07, 6.45) is 0.752. The number of methoxy groups -OCH3 is 1. The van der Waals surface area contributed by atoms with Gasteiger partial charge in [0.25, 0.3) is 0 Å². The maximum atomic E-state index is 13.0. The zero-order valence-electron chi connectivity index (χ0n) is 10.7. The van der Waals surface area contributed by atoms with Crippen molar-refractivity contribution in [3.63, 3.8) is 0 Å². The highest BCUT2D eigenvalue weighted by molar-refractivity contribution is 9.10. The SMILES string of the molecule is COC(=O)c1cnc(N2CC(S(=O)(=O)F)CC2=O)c(Br)c1. The molecule has 2 heterocycles. The molecule has 1 aliphatic rings. The van der Waals surface area contributed by atoms with Crippen molar-refractivity contribution >= 4 is 43.8 Å². The maximum Gasteiger partial charge on any atom is 0.339 e. The van der Waals surface area contributed by atoms with Crippen LogP contribution in [0.4, 0.5) is 9.70 Å². The molecule has 0 aliphatic carbocycles. The molecule has 1 atom stereocenters. The van der Waals surface area contributed by atoms with Gasteiger partial charge in [0, 0.05) is 19.2 Å². The summed E-state index contributed by atoms with van der Waals surface area (Å²) in [6.45, 7) is -0.319. The predicted molar refractivity (Wildman–Crippen MR) is 74.1 cm³/mol. The van der Waals surface area contributed by atoms with E-state index in [1.807, 2.05) is 0 Å². The van der Waals surface area contributed by atoms with Gasteiger partial charge in [-0.05, 0) is 22.0 Å². The first kappa shape index (κ1) is 15.8.